The van der Waals surface area contributed by atoms with Crippen LogP contribution >= 0.6 is 15.9 Å². The van der Waals surface area contributed by atoms with Crippen LogP contribution in [0.2, 0.25) is 0 Å². The third-order valence-corrected chi connectivity index (χ3v) is 2.57. The molecule has 0 saturated carbocycles. The van der Waals surface area contributed by atoms with Crippen molar-refractivity contribution in [3.05, 3.63) is 38.5 Å². The molecule has 0 aliphatic carbocycles. The van der Waals surface area contributed by atoms with Crippen molar-refractivity contribution < 1.29 is 14.4 Å². The molecule has 0 atom stereocenters. The number of methoxy groups -OCH3 is 2. The second-order valence-corrected chi connectivity index (χ2v) is 3.68. The fourth-order valence-corrected chi connectivity index (χ4v) is 1.59. The van der Waals surface area contributed by atoms with E-state index < -0.39 is 4.92 Å². The van der Waals surface area contributed by atoms with Gasteiger partial charge in [0, 0.05) is 10.5 Å². The lowest BCUT2D eigenvalue weighted by Crippen LogP contribution is -1.92. The highest BCUT2D eigenvalue weighted by Crippen LogP contribution is 2.33. The van der Waals surface area contributed by atoms with Crippen LogP contribution in [0.1, 0.15) is 5.56 Å². The number of hydrogen-bond acceptors (Lipinski definition) is 4. The first-order valence-electron chi connectivity index (χ1n) is 4.31. The number of ether oxygens (including phenoxy) is 2. The van der Waals surface area contributed by atoms with Crippen LogP contribution in [0.25, 0.3) is 6.08 Å². The zero-order valence-corrected chi connectivity index (χ0v) is 10.4. The summed E-state index contributed by atoms with van der Waals surface area (Å²) in [6.07, 6.45) is 2.25. The predicted molar refractivity (Wildman–Crippen MR) is 63.3 cm³/mol. The fraction of sp³-hybridized carbons (Fsp3) is 0.200. The first-order valence-corrected chi connectivity index (χ1v) is 5.11. The summed E-state index contributed by atoms with van der Waals surface area (Å²) in [7, 11) is 3.03. The van der Waals surface area contributed by atoms with E-state index in [0.717, 1.165) is 6.20 Å². The minimum Gasteiger partial charge on any atom is -0.493 e. The van der Waals surface area contributed by atoms with Crippen molar-refractivity contribution in [2.45, 2.75) is 0 Å². The van der Waals surface area contributed by atoms with Gasteiger partial charge in [0.15, 0.2) is 11.5 Å². The van der Waals surface area contributed by atoms with Gasteiger partial charge in [0.05, 0.1) is 19.1 Å². The molecule has 0 amide bonds. The fourth-order valence-electron chi connectivity index (χ4n) is 1.14. The molecule has 0 aliphatic rings. The monoisotopic (exact) mass is 287 g/mol. The maximum atomic E-state index is 10.2. The Hall–Kier alpha value is -1.56. The van der Waals surface area contributed by atoms with Crippen molar-refractivity contribution >= 4 is 22.0 Å². The maximum absolute atomic E-state index is 10.2. The van der Waals surface area contributed by atoms with Crippen molar-refractivity contribution in [3.63, 3.8) is 0 Å². The van der Waals surface area contributed by atoms with Crippen LogP contribution < -0.4 is 9.47 Å². The number of rotatable bonds is 4. The number of halogens is 1. The third kappa shape index (κ3) is 2.96. The predicted octanol–water partition coefficient (Wildman–Crippen LogP) is 2.71. The van der Waals surface area contributed by atoms with Gasteiger partial charge in [-0.2, -0.15) is 0 Å². The molecular weight excluding hydrogens is 278 g/mol. The van der Waals surface area contributed by atoms with Crippen LogP contribution in [-0.4, -0.2) is 19.1 Å². The number of hydrogen-bond donors (Lipinski definition) is 0. The molecule has 0 N–H and O–H groups in total. The highest BCUT2D eigenvalue weighted by atomic mass is 79.9. The smallest absolute Gasteiger partial charge is 0.235 e. The highest BCUT2D eigenvalue weighted by molar-refractivity contribution is 9.10. The summed E-state index contributed by atoms with van der Waals surface area (Å²) in [6, 6.07) is 3.35. The van der Waals surface area contributed by atoms with Gasteiger partial charge in [0.1, 0.15) is 0 Å². The van der Waals surface area contributed by atoms with Crippen LogP contribution in [0.4, 0.5) is 0 Å². The van der Waals surface area contributed by atoms with Gasteiger partial charge >= 0.3 is 0 Å². The standard InChI is InChI=1S/C10H10BrNO4/c1-15-9-5-7(3-4-12(13)14)8(11)6-10(9)16-2/h3-6H,1-2H3/b4-3+. The van der Waals surface area contributed by atoms with E-state index in [0.29, 0.717) is 21.5 Å². The van der Waals surface area contributed by atoms with Crippen molar-refractivity contribution in [1.82, 2.24) is 0 Å². The summed E-state index contributed by atoms with van der Waals surface area (Å²) in [6.45, 7) is 0. The van der Waals surface area contributed by atoms with Crippen LogP contribution in [0.5, 0.6) is 11.5 Å². The van der Waals surface area contributed by atoms with Crippen LogP contribution in [0, 0.1) is 10.1 Å². The van der Waals surface area contributed by atoms with E-state index in [1.165, 1.54) is 20.3 Å². The normalized spacial score (nSPS) is 10.4. The van der Waals surface area contributed by atoms with Crippen molar-refractivity contribution in [1.29, 1.82) is 0 Å². The minimum absolute atomic E-state index is 0.522. The molecule has 16 heavy (non-hydrogen) atoms. The summed E-state index contributed by atoms with van der Waals surface area (Å²) in [5.41, 5.74) is 0.648. The molecule has 0 aromatic heterocycles. The van der Waals surface area contributed by atoms with E-state index in [4.69, 9.17) is 9.47 Å². The Labute approximate surface area is 101 Å². The molecular formula is C10H10BrNO4. The largest absolute Gasteiger partial charge is 0.493 e. The second kappa shape index (κ2) is 5.50. The van der Waals surface area contributed by atoms with Crippen LogP contribution in [0.15, 0.2) is 22.8 Å². The molecule has 6 heteroatoms. The molecule has 1 aromatic carbocycles. The third-order valence-electron chi connectivity index (χ3n) is 1.88. The quantitative estimate of drug-likeness (QED) is 0.631. The summed E-state index contributed by atoms with van der Waals surface area (Å²) >= 11 is 3.29. The molecule has 5 nitrogen and oxygen atoms in total. The van der Waals surface area contributed by atoms with Crippen molar-refractivity contribution in [2.24, 2.45) is 0 Å². The summed E-state index contributed by atoms with van der Waals surface area (Å²) in [5, 5.41) is 10.2. The molecule has 0 spiro atoms. The maximum Gasteiger partial charge on any atom is 0.235 e. The summed E-state index contributed by atoms with van der Waals surface area (Å²) < 4.78 is 10.9. The lowest BCUT2D eigenvalue weighted by molar-refractivity contribution is -0.400. The number of benzene rings is 1. The van der Waals surface area contributed by atoms with E-state index in [-0.39, 0.29) is 0 Å². The van der Waals surface area contributed by atoms with Gasteiger partial charge in [-0.25, -0.2) is 0 Å². The Morgan fingerprint density at radius 3 is 2.38 bits per heavy atom. The Morgan fingerprint density at radius 2 is 1.88 bits per heavy atom. The van der Waals surface area contributed by atoms with Gasteiger partial charge in [-0.15, -0.1) is 0 Å². The molecule has 0 fully saturated rings. The molecule has 0 saturated heterocycles. The molecule has 0 unspecified atom stereocenters. The zero-order valence-electron chi connectivity index (χ0n) is 8.77. The van der Waals surface area contributed by atoms with Gasteiger partial charge < -0.3 is 9.47 Å². The first-order chi connectivity index (χ1) is 7.58. The Kier molecular flexibility index (Phi) is 4.30. The van der Waals surface area contributed by atoms with Gasteiger partial charge in [0.2, 0.25) is 6.20 Å². The molecule has 0 aliphatic heterocycles. The zero-order chi connectivity index (χ0) is 12.1. The summed E-state index contributed by atoms with van der Waals surface area (Å²) in [4.78, 5) is 9.68. The van der Waals surface area contributed by atoms with Gasteiger partial charge in [0.25, 0.3) is 0 Å². The Balaban J connectivity index is 3.16. The molecule has 1 aromatic rings. The first kappa shape index (κ1) is 12.5. The average molecular weight is 288 g/mol. The van der Waals surface area contributed by atoms with Gasteiger partial charge in [-0.05, 0) is 17.7 Å². The number of nitro groups is 1. The van der Waals surface area contributed by atoms with E-state index in [2.05, 4.69) is 15.9 Å². The summed E-state index contributed by atoms with van der Waals surface area (Å²) in [5.74, 6) is 1.08. The van der Waals surface area contributed by atoms with E-state index in [1.54, 1.807) is 12.1 Å². The Bertz CT molecular complexity index is 431. The SMILES string of the molecule is COc1cc(Br)c(/C=C/[N+](=O)[O-])cc1OC. The van der Waals surface area contributed by atoms with E-state index in [1.807, 2.05) is 0 Å². The van der Waals surface area contributed by atoms with E-state index >= 15 is 0 Å². The van der Waals surface area contributed by atoms with Crippen LogP contribution in [-0.2, 0) is 0 Å². The lowest BCUT2D eigenvalue weighted by Gasteiger charge is -2.09. The van der Waals surface area contributed by atoms with Gasteiger partial charge in [-0.1, -0.05) is 15.9 Å². The molecule has 86 valence electrons. The Morgan fingerprint density at radius 1 is 1.31 bits per heavy atom. The molecule has 0 radical (unpaired) electrons. The topological polar surface area (TPSA) is 61.6 Å². The lowest BCUT2D eigenvalue weighted by atomic mass is 10.2. The van der Waals surface area contributed by atoms with Crippen molar-refractivity contribution in [2.75, 3.05) is 14.2 Å². The average Bonchev–Trinajstić information content (AvgIpc) is 2.26. The molecule has 0 bridgehead atoms. The second-order valence-electron chi connectivity index (χ2n) is 2.83. The van der Waals surface area contributed by atoms with Crippen LogP contribution in [0.3, 0.4) is 0 Å². The van der Waals surface area contributed by atoms with E-state index in [9.17, 15) is 10.1 Å². The minimum atomic E-state index is -0.525. The highest BCUT2D eigenvalue weighted by Gasteiger charge is 2.08. The van der Waals surface area contributed by atoms with Gasteiger partial charge in [-0.3, -0.25) is 10.1 Å². The molecule has 0 heterocycles. The van der Waals surface area contributed by atoms with Crippen molar-refractivity contribution in [3.8, 4) is 11.5 Å². The number of nitrogens with zero attached hydrogens (tertiary/aromatic N) is 1. The molecule has 1 rings (SSSR count).